The van der Waals surface area contributed by atoms with Gasteiger partial charge >= 0.3 is 0 Å². The van der Waals surface area contributed by atoms with Crippen molar-refractivity contribution in [1.82, 2.24) is 15.5 Å². The number of nitrogens with zero attached hydrogens (tertiary/aromatic N) is 2. The average Bonchev–Trinajstić information content (AvgIpc) is 2.69. The van der Waals surface area contributed by atoms with E-state index in [2.05, 4.69) is 32.6 Å². The highest BCUT2D eigenvalue weighted by Gasteiger charge is 2.28. The van der Waals surface area contributed by atoms with Crippen molar-refractivity contribution >= 4 is 17.5 Å². The lowest BCUT2D eigenvalue weighted by molar-refractivity contribution is -0.134. The summed E-state index contributed by atoms with van der Waals surface area (Å²) >= 11 is 0. The van der Waals surface area contributed by atoms with Gasteiger partial charge in [0, 0.05) is 44.8 Å². The Labute approximate surface area is 161 Å². The van der Waals surface area contributed by atoms with Crippen LogP contribution in [0.1, 0.15) is 37.2 Å². The van der Waals surface area contributed by atoms with Crippen LogP contribution in [0.25, 0.3) is 0 Å². The number of benzene rings is 1. The molecule has 0 bridgehead atoms. The summed E-state index contributed by atoms with van der Waals surface area (Å²) in [5, 5.41) is 5.91. The van der Waals surface area contributed by atoms with Gasteiger partial charge < -0.3 is 10.2 Å². The third-order valence-electron chi connectivity index (χ3n) is 6.22. The number of carbonyl (C=O) groups excluding carboxylic acids is 2. The van der Waals surface area contributed by atoms with Crippen molar-refractivity contribution in [3.05, 3.63) is 29.8 Å². The second-order valence-corrected chi connectivity index (χ2v) is 8.08. The van der Waals surface area contributed by atoms with E-state index in [1.807, 2.05) is 12.1 Å². The van der Waals surface area contributed by atoms with Gasteiger partial charge in [-0.3, -0.25) is 19.8 Å². The van der Waals surface area contributed by atoms with E-state index >= 15 is 0 Å². The molecular formula is C21H30N4O2. The molecule has 0 aromatic heterocycles. The summed E-state index contributed by atoms with van der Waals surface area (Å²) in [6, 6.07) is 8.33. The Kier molecular flexibility index (Phi) is 5.74. The van der Waals surface area contributed by atoms with Gasteiger partial charge in [-0.2, -0.15) is 0 Å². The molecule has 3 heterocycles. The van der Waals surface area contributed by atoms with Crippen LogP contribution in [0.2, 0.25) is 0 Å². The largest absolute Gasteiger partial charge is 0.369 e. The van der Waals surface area contributed by atoms with Crippen molar-refractivity contribution in [3.63, 3.8) is 0 Å². The highest BCUT2D eigenvalue weighted by molar-refractivity contribution is 6.01. The SMILES string of the molecule is O=C1CCC(c2cccc(N3CCN(CC4CCNCC4)CC3)c2)C(=O)N1. The van der Waals surface area contributed by atoms with Crippen LogP contribution in [0.3, 0.4) is 0 Å². The van der Waals surface area contributed by atoms with E-state index in [-0.39, 0.29) is 17.7 Å². The Hall–Kier alpha value is -1.92. The number of anilines is 1. The van der Waals surface area contributed by atoms with Gasteiger partial charge in [0.05, 0.1) is 5.92 Å². The molecule has 0 saturated carbocycles. The maximum Gasteiger partial charge on any atom is 0.234 e. The molecule has 3 aliphatic heterocycles. The van der Waals surface area contributed by atoms with E-state index in [1.54, 1.807) is 0 Å². The monoisotopic (exact) mass is 370 g/mol. The number of piperazine rings is 1. The zero-order chi connectivity index (χ0) is 18.6. The Bertz CT molecular complexity index is 679. The van der Waals surface area contributed by atoms with Gasteiger partial charge in [-0.15, -0.1) is 0 Å². The van der Waals surface area contributed by atoms with Crippen molar-refractivity contribution in [2.75, 3.05) is 50.7 Å². The lowest BCUT2D eigenvalue weighted by atomic mass is 9.90. The molecular weight excluding hydrogens is 340 g/mol. The Morgan fingerprint density at radius 1 is 1.00 bits per heavy atom. The topological polar surface area (TPSA) is 64.7 Å². The Balaban J connectivity index is 1.34. The van der Waals surface area contributed by atoms with E-state index in [9.17, 15) is 9.59 Å². The molecule has 6 heteroatoms. The molecule has 0 spiro atoms. The second kappa shape index (κ2) is 8.40. The second-order valence-electron chi connectivity index (χ2n) is 8.08. The number of amides is 2. The van der Waals surface area contributed by atoms with E-state index in [1.165, 1.54) is 25.1 Å². The molecule has 4 rings (SSSR count). The zero-order valence-electron chi connectivity index (χ0n) is 16.0. The predicted octanol–water partition coefficient (Wildman–Crippen LogP) is 1.33. The van der Waals surface area contributed by atoms with Gasteiger partial charge in [-0.1, -0.05) is 12.1 Å². The standard InChI is InChI=1S/C21H30N4O2/c26-20-5-4-19(21(27)23-20)17-2-1-3-18(14-17)25-12-10-24(11-13-25)15-16-6-8-22-9-7-16/h1-3,14,16,19,22H,4-13,15H2,(H,23,26,27). The minimum absolute atomic E-state index is 0.155. The number of hydrogen-bond donors (Lipinski definition) is 2. The van der Waals surface area contributed by atoms with Crippen LogP contribution in [0.4, 0.5) is 5.69 Å². The van der Waals surface area contributed by atoms with Gasteiger partial charge in [0.2, 0.25) is 11.8 Å². The van der Waals surface area contributed by atoms with E-state index in [4.69, 9.17) is 0 Å². The van der Waals surface area contributed by atoms with Gasteiger partial charge in [0.15, 0.2) is 0 Å². The van der Waals surface area contributed by atoms with Crippen LogP contribution in [0, 0.1) is 5.92 Å². The number of piperidine rings is 2. The minimum atomic E-state index is -0.205. The zero-order valence-corrected chi connectivity index (χ0v) is 16.0. The quantitative estimate of drug-likeness (QED) is 0.783. The third kappa shape index (κ3) is 4.50. The fourth-order valence-corrected chi connectivity index (χ4v) is 4.57. The third-order valence-corrected chi connectivity index (χ3v) is 6.22. The first-order chi connectivity index (χ1) is 13.2. The fourth-order valence-electron chi connectivity index (χ4n) is 4.57. The number of rotatable bonds is 4. The summed E-state index contributed by atoms with van der Waals surface area (Å²) in [6.45, 7) is 7.83. The first-order valence-corrected chi connectivity index (χ1v) is 10.3. The number of nitrogens with one attached hydrogen (secondary N) is 2. The molecule has 27 heavy (non-hydrogen) atoms. The average molecular weight is 370 g/mol. The van der Waals surface area contributed by atoms with Crippen molar-refractivity contribution in [1.29, 1.82) is 0 Å². The molecule has 1 aromatic carbocycles. The summed E-state index contributed by atoms with van der Waals surface area (Å²) in [7, 11) is 0. The lowest BCUT2D eigenvalue weighted by Crippen LogP contribution is -2.48. The van der Waals surface area contributed by atoms with Gasteiger partial charge in [0.25, 0.3) is 0 Å². The van der Waals surface area contributed by atoms with Crippen LogP contribution >= 0.6 is 0 Å². The summed E-state index contributed by atoms with van der Waals surface area (Å²) in [6.07, 6.45) is 3.64. The van der Waals surface area contributed by atoms with Crippen molar-refractivity contribution in [2.24, 2.45) is 5.92 Å². The first kappa shape index (κ1) is 18.4. The van der Waals surface area contributed by atoms with E-state index in [0.717, 1.165) is 50.7 Å². The van der Waals surface area contributed by atoms with E-state index < -0.39 is 0 Å². The van der Waals surface area contributed by atoms with Crippen LogP contribution < -0.4 is 15.5 Å². The minimum Gasteiger partial charge on any atom is -0.369 e. The lowest BCUT2D eigenvalue weighted by Gasteiger charge is -2.38. The molecule has 146 valence electrons. The molecule has 6 nitrogen and oxygen atoms in total. The molecule has 1 unspecified atom stereocenters. The summed E-state index contributed by atoms with van der Waals surface area (Å²) < 4.78 is 0. The molecule has 3 saturated heterocycles. The predicted molar refractivity (Wildman–Crippen MR) is 106 cm³/mol. The highest BCUT2D eigenvalue weighted by atomic mass is 16.2. The molecule has 0 radical (unpaired) electrons. The molecule has 0 aliphatic carbocycles. The molecule has 3 fully saturated rings. The van der Waals surface area contributed by atoms with Crippen LogP contribution in [0.15, 0.2) is 24.3 Å². The number of hydrogen-bond acceptors (Lipinski definition) is 5. The smallest absolute Gasteiger partial charge is 0.234 e. The van der Waals surface area contributed by atoms with Gasteiger partial charge in [-0.25, -0.2) is 0 Å². The maximum absolute atomic E-state index is 12.2. The highest BCUT2D eigenvalue weighted by Crippen LogP contribution is 2.28. The molecule has 2 N–H and O–H groups in total. The molecule has 1 aromatic rings. The maximum atomic E-state index is 12.2. The van der Waals surface area contributed by atoms with E-state index in [0.29, 0.717) is 12.8 Å². The van der Waals surface area contributed by atoms with Gasteiger partial charge in [-0.05, 0) is 56.0 Å². The summed E-state index contributed by atoms with van der Waals surface area (Å²) in [5.74, 6) is 0.324. The Morgan fingerprint density at radius 3 is 2.52 bits per heavy atom. The van der Waals surface area contributed by atoms with Crippen LogP contribution in [-0.4, -0.2) is 62.5 Å². The number of imide groups is 1. The molecule has 3 aliphatic rings. The van der Waals surface area contributed by atoms with Crippen molar-refractivity contribution in [2.45, 2.75) is 31.6 Å². The fraction of sp³-hybridized carbons (Fsp3) is 0.619. The normalized spacial score (nSPS) is 25.5. The molecule has 2 amide bonds. The summed E-state index contributed by atoms with van der Waals surface area (Å²) in [5.41, 5.74) is 2.22. The number of carbonyl (C=O) groups is 2. The van der Waals surface area contributed by atoms with Gasteiger partial charge in [0.1, 0.15) is 0 Å². The summed E-state index contributed by atoms with van der Waals surface area (Å²) in [4.78, 5) is 28.6. The Morgan fingerprint density at radius 2 is 1.78 bits per heavy atom. The van der Waals surface area contributed by atoms with Crippen LogP contribution in [0.5, 0.6) is 0 Å². The van der Waals surface area contributed by atoms with Crippen LogP contribution in [-0.2, 0) is 9.59 Å². The van der Waals surface area contributed by atoms with Crippen molar-refractivity contribution < 1.29 is 9.59 Å². The first-order valence-electron chi connectivity index (χ1n) is 10.3. The van der Waals surface area contributed by atoms with Crippen molar-refractivity contribution in [3.8, 4) is 0 Å². The molecule has 1 atom stereocenters.